The standard InChI is InChI=1S/C16H18N4O3/c1-9(2)14-18-13-15(19-14)20(8-17-16(13)22)7-10-4-5-12(23-3)11(21)6-10/h4-6,8-9,21-22H,7H2,1-3H3. The topological polar surface area (TPSA) is 93.3 Å². The molecule has 2 aliphatic heterocycles. The van der Waals surface area contributed by atoms with Crippen LogP contribution in [0.4, 0.5) is 0 Å². The molecular formula is C16H18N4O3. The van der Waals surface area contributed by atoms with E-state index in [0.717, 1.165) is 5.56 Å². The lowest BCUT2D eigenvalue weighted by Gasteiger charge is -2.12. The van der Waals surface area contributed by atoms with Crippen LogP contribution in [0.25, 0.3) is 11.5 Å². The van der Waals surface area contributed by atoms with Crippen molar-refractivity contribution in [1.29, 1.82) is 0 Å². The van der Waals surface area contributed by atoms with Gasteiger partial charge in [0.25, 0.3) is 0 Å². The van der Waals surface area contributed by atoms with Crippen molar-refractivity contribution in [3.05, 3.63) is 35.9 Å². The first-order valence-corrected chi connectivity index (χ1v) is 7.27. The molecule has 7 heteroatoms. The van der Waals surface area contributed by atoms with Crippen molar-refractivity contribution in [1.82, 2.24) is 19.5 Å². The van der Waals surface area contributed by atoms with Crippen molar-refractivity contribution in [2.45, 2.75) is 26.3 Å². The van der Waals surface area contributed by atoms with Gasteiger partial charge in [0.15, 0.2) is 23.0 Å². The highest BCUT2D eigenvalue weighted by atomic mass is 16.5. The van der Waals surface area contributed by atoms with Crippen molar-refractivity contribution in [3.63, 3.8) is 0 Å². The van der Waals surface area contributed by atoms with Crippen molar-refractivity contribution in [2.24, 2.45) is 0 Å². The average Bonchev–Trinajstić information content (AvgIpc) is 2.97. The third kappa shape index (κ3) is 2.77. The number of ether oxygens (including phenoxy) is 1. The summed E-state index contributed by atoms with van der Waals surface area (Å²) in [6.45, 7) is 4.42. The Bertz CT molecular complexity index is 813. The van der Waals surface area contributed by atoms with Crippen LogP contribution in [-0.2, 0) is 6.54 Å². The molecule has 2 heterocycles. The molecule has 3 rings (SSSR count). The third-order valence-corrected chi connectivity index (χ3v) is 3.57. The van der Waals surface area contributed by atoms with Crippen LogP contribution in [0, 0.1) is 0 Å². The highest BCUT2D eigenvalue weighted by Gasteiger charge is 2.21. The van der Waals surface area contributed by atoms with Gasteiger partial charge in [-0.25, -0.2) is 15.0 Å². The molecule has 2 N–H and O–H groups in total. The molecule has 0 radical (unpaired) electrons. The highest BCUT2D eigenvalue weighted by Crippen LogP contribution is 2.30. The fourth-order valence-electron chi connectivity index (χ4n) is 2.35. The van der Waals surface area contributed by atoms with Gasteiger partial charge in [0.05, 0.1) is 13.7 Å². The van der Waals surface area contributed by atoms with E-state index in [4.69, 9.17) is 4.74 Å². The average molecular weight is 314 g/mol. The second kappa shape index (κ2) is 5.75. The summed E-state index contributed by atoms with van der Waals surface area (Å²) < 4.78 is 6.83. The monoisotopic (exact) mass is 314 g/mol. The number of fused-ring (bicyclic) bond motifs is 1. The fourth-order valence-corrected chi connectivity index (χ4v) is 2.35. The van der Waals surface area contributed by atoms with Gasteiger partial charge in [-0.2, -0.15) is 0 Å². The van der Waals surface area contributed by atoms with E-state index in [1.807, 2.05) is 19.9 Å². The van der Waals surface area contributed by atoms with Crippen LogP contribution in [0.3, 0.4) is 0 Å². The van der Waals surface area contributed by atoms with Crippen LogP contribution in [0.2, 0.25) is 0 Å². The van der Waals surface area contributed by atoms with Gasteiger partial charge in [0.2, 0.25) is 5.88 Å². The van der Waals surface area contributed by atoms with Gasteiger partial charge in [-0.3, -0.25) is 0 Å². The van der Waals surface area contributed by atoms with Gasteiger partial charge < -0.3 is 19.5 Å². The molecule has 0 spiro atoms. The van der Waals surface area contributed by atoms with Crippen molar-refractivity contribution in [2.75, 3.05) is 7.11 Å². The summed E-state index contributed by atoms with van der Waals surface area (Å²) in [5, 5.41) is 19.8. The van der Waals surface area contributed by atoms with Crippen LogP contribution in [0.15, 0.2) is 24.5 Å². The Morgan fingerprint density at radius 3 is 2.65 bits per heavy atom. The second-order valence-corrected chi connectivity index (χ2v) is 5.61. The van der Waals surface area contributed by atoms with Gasteiger partial charge >= 0.3 is 0 Å². The Morgan fingerprint density at radius 1 is 1.22 bits per heavy atom. The normalized spacial score (nSPS) is 11.3. The van der Waals surface area contributed by atoms with E-state index in [9.17, 15) is 10.2 Å². The molecular weight excluding hydrogens is 296 g/mol. The Kier molecular flexibility index (Phi) is 3.77. The Morgan fingerprint density at radius 2 is 2.00 bits per heavy atom. The Balaban J connectivity index is 2.00. The Hall–Kier alpha value is -2.83. The molecule has 0 saturated carbocycles. The predicted octanol–water partition coefficient (Wildman–Crippen LogP) is 2.37. The predicted molar refractivity (Wildman–Crippen MR) is 84.0 cm³/mol. The van der Waals surface area contributed by atoms with Crippen LogP contribution < -0.4 is 4.74 Å². The molecule has 0 aliphatic carbocycles. The number of benzene rings is 1. The quantitative estimate of drug-likeness (QED) is 0.768. The SMILES string of the molecule is COc1ccc(Cn2cnc(O)c3nc(C(C)C)nc2-3)cc1O. The fraction of sp³-hybridized carbons (Fsp3) is 0.312. The molecule has 23 heavy (non-hydrogen) atoms. The molecule has 0 fully saturated rings. The first kappa shape index (κ1) is 15.1. The van der Waals surface area contributed by atoms with E-state index < -0.39 is 0 Å². The third-order valence-electron chi connectivity index (χ3n) is 3.57. The minimum atomic E-state index is -0.131. The van der Waals surface area contributed by atoms with E-state index in [1.54, 1.807) is 16.7 Å². The smallest absolute Gasteiger partial charge is 0.242 e. The molecule has 7 nitrogen and oxygen atoms in total. The van der Waals surface area contributed by atoms with Gasteiger partial charge in [-0.05, 0) is 17.7 Å². The van der Waals surface area contributed by atoms with Crippen LogP contribution in [0.5, 0.6) is 17.4 Å². The number of aromatic nitrogens is 4. The van der Waals surface area contributed by atoms with E-state index in [1.165, 1.54) is 13.4 Å². The minimum Gasteiger partial charge on any atom is -0.504 e. The first-order valence-electron chi connectivity index (χ1n) is 7.27. The summed E-state index contributed by atoms with van der Waals surface area (Å²) in [4.78, 5) is 12.8. The largest absolute Gasteiger partial charge is 0.504 e. The first-order chi connectivity index (χ1) is 11.0. The number of phenols is 1. The maximum absolute atomic E-state index is 9.89. The molecule has 0 bridgehead atoms. The number of methoxy groups -OCH3 is 1. The number of phenolic OH excluding ortho intramolecular Hbond substituents is 1. The Labute approximate surface area is 133 Å². The van der Waals surface area contributed by atoms with Crippen LogP contribution in [0.1, 0.15) is 31.2 Å². The van der Waals surface area contributed by atoms with Gasteiger partial charge in [-0.1, -0.05) is 19.9 Å². The maximum atomic E-state index is 9.89. The maximum Gasteiger partial charge on any atom is 0.242 e. The molecule has 0 saturated heterocycles. The molecule has 2 aliphatic rings. The molecule has 0 aromatic heterocycles. The van der Waals surface area contributed by atoms with Gasteiger partial charge in [0, 0.05) is 5.92 Å². The van der Waals surface area contributed by atoms with Crippen molar-refractivity contribution >= 4 is 0 Å². The van der Waals surface area contributed by atoms with Crippen molar-refractivity contribution < 1.29 is 14.9 Å². The summed E-state index contributed by atoms with van der Waals surface area (Å²) in [7, 11) is 1.50. The lowest BCUT2D eigenvalue weighted by Crippen LogP contribution is -2.06. The van der Waals surface area contributed by atoms with Gasteiger partial charge in [-0.15, -0.1) is 0 Å². The molecule has 1 aromatic rings. The van der Waals surface area contributed by atoms with E-state index in [0.29, 0.717) is 29.6 Å². The van der Waals surface area contributed by atoms with Crippen LogP contribution >= 0.6 is 0 Å². The second-order valence-electron chi connectivity index (χ2n) is 5.61. The molecule has 1 aromatic carbocycles. The zero-order chi connectivity index (χ0) is 16.6. The van der Waals surface area contributed by atoms with E-state index in [2.05, 4.69) is 15.0 Å². The molecule has 0 unspecified atom stereocenters. The highest BCUT2D eigenvalue weighted by molar-refractivity contribution is 5.58. The lowest BCUT2D eigenvalue weighted by molar-refractivity contribution is 0.373. The van der Waals surface area contributed by atoms with E-state index >= 15 is 0 Å². The number of rotatable bonds is 4. The van der Waals surface area contributed by atoms with E-state index in [-0.39, 0.29) is 17.5 Å². The number of aromatic hydroxyl groups is 2. The molecule has 0 atom stereocenters. The zero-order valence-electron chi connectivity index (χ0n) is 13.2. The minimum absolute atomic E-state index is 0.0741. The lowest BCUT2D eigenvalue weighted by atomic mass is 10.2. The van der Waals surface area contributed by atoms with Crippen molar-refractivity contribution in [3.8, 4) is 28.9 Å². The summed E-state index contributed by atoms with van der Waals surface area (Å²) in [5.74, 6) is 1.74. The summed E-state index contributed by atoms with van der Waals surface area (Å²) in [5.41, 5.74) is 1.24. The number of hydrogen-bond acceptors (Lipinski definition) is 6. The van der Waals surface area contributed by atoms with Gasteiger partial charge in [0.1, 0.15) is 12.2 Å². The molecule has 0 amide bonds. The molecule has 120 valence electrons. The number of imidazole rings is 1. The van der Waals surface area contributed by atoms with Crippen LogP contribution in [-0.4, -0.2) is 36.8 Å². The number of hydrogen-bond donors (Lipinski definition) is 2. The summed E-state index contributed by atoms with van der Waals surface area (Å²) in [6.07, 6.45) is 1.51. The number of nitrogens with zero attached hydrogens (tertiary/aromatic N) is 4. The summed E-state index contributed by atoms with van der Waals surface area (Å²) in [6, 6.07) is 5.18. The zero-order valence-corrected chi connectivity index (χ0v) is 13.2. The summed E-state index contributed by atoms with van der Waals surface area (Å²) >= 11 is 0.